The van der Waals surface area contributed by atoms with Gasteiger partial charge < -0.3 is 19.3 Å². The van der Waals surface area contributed by atoms with Gasteiger partial charge in [-0.3, -0.25) is 0 Å². The van der Waals surface area contributed by atoms with Crippen LogP contribution in [0.3, 0.4) is 0 Å². The molecule has 0 amide bonds. The highest BCUT2D eigenvalue weighted by molar-refractivity contribution is 7.99. The maximum Gasteiger partial charge on any atom is 0.106 e. The minimum Gasteiger partial charge on any atom is -0.394 e. The lowest BCUT2D eigenvalue weighted by Gasteiger charge is -2.61. The lowest BCUT2D eigenvalue weighted by molar-refractivity contribution is -0.142. The van der Waals surface area contributed by atoms with Gasteiger partial charge in [0.2, 0.25) is 0 Å². The molecule has 0 radical (unpaired) electrons. The van der Waals surface area contributed by atoms with Gasteiger partial charge in [0.1, 0.15) is 11.5 Å². The van der Waals surface area contributed by atoms with E-state index in [9.17, 15) is 5.11 Å². The number of hydrogen-bond donors (Lipinski definition) is 1. The van der Waals surface area contributed by atoms with E-state index < -0.39 is 0 Å². The molecule has 0 heterocycles. The first-order valence-electron chi connectivity index (χ1n) is 17.0. The molecule has 4 aliphatic carbocycles. The van der Waals surface area contributed by atoms with Crippen LogP contribution in [0, 0.1) is 52.3 Å². The Labute approximate surface area is 251 Å². The molecule has 4 nitrogen and oxygen atoms in total. The van der Waals surface area contributed by atoms with Gasteiger partial charge in [0.15, 0.2) is 0 Å². The summed E-state index contributed by atoms with van der Waals surface area (Å²) in [6.07, 6.45) is 19.5. The molecule has 12 atom stereocenters. The Morgan fingerprint density at radius 1 is 0.850 bits per heavy atom. The van der Waals surface area contributed by atoms with E-state index in [0.29, 0.717) is 16.9 Å². The van der Waals surface area contributed by atoms with E-state index in [1.165, 1.54) is 77.0 Å². The summed E-state index contributed by atoms with van der Waals surface area (Å²) in [6, 6.07) is 0. The van der Waals surface area contributed by atoms with Crippen LogP contribution in [0.4, 0.5) is 0 Å². The van der Waals surface area contributed by atoms with Gasteiger partial charge in [-0.15, -0.1) is 11.8 Å². The maximum atomic E-state index is 9.70. The third-order valence-corrected chi connectivity index (χ3v) is 13.9. The average Bonchev–Trinajstić information content (AvgIpc) is 3.29. The van der Waals surface area contributed by atoms with Crippen molar-refractivity contribution >= 4 is 11.8 Å². The third-order valence-electron chi connectivity index (χ3n) is 13.1. The summed E-state index contributed by atoms with van der Waals surface area (Å²) in [7, 11) is 3.36. The van der Waals surface area contributed by atoms with Gasteiger partial charge in [0.05, 0.1) is 18.8 Å². The summed E-state index contributed by atoms with van der Waals surface area (Å²) in [5.74, 6) is 6.31. The highest BCUT2D eigenvalue weighted by atomic mass is 32.2. The van der Waals surface area contributed by atoms with Gasteiger partial charge >= 0.3 is 0 Å². The standard InChI is InChI=1S/C35H64O4S/c1-23(2)10-9-11-24(3)28-14-15-29-27-13-12-25-20-26(16-18-34(25,4)30(27)17-19-35(28,29)5)39-33(40-8)21-31(37-6)32(22-36)38-7/h23-33,36H,9-22H2,1-8H3/t24-,25-,26-,27-,28+,29-,30-,31+,32-,33?,34-,35+/m0/s1. The third kappa shape index (κ3) is 6.79. The van der Waals surface area contributed by atoms with Crippen LogP contribution in [-0.4, -0.2) is 55.9 Å². The number of thioether (sulfide) groups is 1. The van der Waals surface area contributed by atoms with Crippen LogP contribution in [0.15, 0.2) is 0 Å². The monoisotopic (exact) mass is 580 g/mol. The van der Waals surface area contributed by atoms with E-state index in [-0.39, 0.29) is 24.3 Å². The molecule has 0 aromatic carbocycles. The summed E-state index contributed by atoms with van der Waals surface area (Å²) >= 11 is 1.77. The van der Waals surface area contributed by atoms with Gasteiger partial charge in [-0.25, -0.2) is 0 Å². The molecule has 0 aromatic heterocycles. The largest absolute Gasteiger partial charge is 0.394 e. The van der Waals surface area contributed by atoms with Crippen LogP contribution in [0.1, 0.15) is 118 Å². The molecule has 5 heteroatoms. The van der Waals surface area contributed by atoms with Gasteiger partial charge in [-0.05, 0) is 116 Å². The van der Waals surface area contributed by atoms with Crippen molar-refractivity contribution in [2.45, 2.75) is 142 Å². The zero-order valence-electron chi connectivity index (χ0n) is 27.3. The van der Waals surface area contributed by atoms with Crippen molar-refractivity contribution in [2.24, 2.45) is 52.3 Å². The fourth-order valence-corrected chi connectivity index (χ4v) is 11.4. The highest BCUT2D eigenvalue weighted by Gasteiger charge is 2.60. The van der Waals surface area contributed by atoms with Crippen LogP contribution in [0.5, 0.6) is 0 Å². The predicted molar refractivity (Wildman–Crippen MR) is 169 cm³/mol. The molecule has 0 saturated heterocycles. The van der Waals surface area contributed by atoms with Crippen molar-refractivity contribution in [3.8, 4) is 0 Å². The predicted octanol–water partition coefficient (Wildman–Crippen LogP) is 8.59. The fraction of sp³-hybridized carbons (Fsp3) is 1.00. The molecule has 1 unspecified atom stereocenters. The molecule has 4 saturated carbocycles. The molecule has 1 N–H and O–H groups in total. The smallest absolute Gasteiger partial charge is 0.106 e. The van der Waals surface area contributed by atoms with Crippen LogP contribution >= 0.6 is 11.8 Å². The Bertz CT molecular complexity index is 772. The van der Waals surface area contributed by atoms with Crippen LogP contribution < -0.4 is 0 Å². The van der Waals surface area contributed by atoms with Crippen LogP contribution in [0.25, 0.3) is 0 Å². The number of rotatable bonds is 14. The molecular weight excluding hydrogens is 516 g/mol. The number of aliphatic hydroxyl groups is 1. The first kappa shape index (κ1) is 33.1. The van der Waals surface area contributed by atoms with Crippen molar-refractivity contribution in [1.82, 2.24) is 0 Å². The van der Waals surface area contributed by atoms with E-state index in [1.54, 1.807) is 26.0 Å². The van der Waals surface area contributed by atoms with E-state index in [4.69, 9.17) is 14.2 Å². The van der Waals surface area contributed by atoms with Crippen LogP contribution in [0.2, 0.25) is 0 Å². The van der Waals surface area contributed by atoms with E-state index in [2.05, 4.69) is 40.9 Å². The molecule has 0 aromatic rings. The van der Waals surface area contributed by atoms with Gasteiger partial charge in [0, 0.05) is 20.6 Å². The SMILES string of the molecule is CO[C@@H](CO)[C@@H](CC(O[C@H]1CC[C@@]2(C)[C@@H](CC[C@@H]3[C@@H]2CC[C@]2(C)[C@@H]([C@@H](C)CCCC(C)C)CC[C@@H]32)C1)SC)OC. The second kappa shape index (κ2) is 14.3. The molecule has 4 aliphatic rings. The van der Waals surface area contributed by atoms with Crippen molar-refractivity contribution < 1.29 is 19.3 Å². The Morgan fingerprint density at radius 3 is 2.20 bits per heavy atom. The number of hydrogen-bond acceptors (Lipinski definition) is 5. The second-order valence-corrected chi connectivity index (χ2v) is 16.3. The summed E-state index contributed by atoms with van der Waals surface area (Å²) in [5, 5.41) is 9.70. The topological polar surface area (TPSA) is 47.9 Å². The summed E-state index contributed by atoms with van der Waals surface area (Å²) < 4.78 is 17.9. The van der Waals surface area contributed by atoms with E-state index in [1.807, 2.05) is 0 Å². The normalized spacial score (nSPS) is 40.6. The molecule has 0 aliphatic heterocycles. The first-order valence-corrected chi connectivity index (χ1v) is 18.2. The Morgan fingerprint density at radius 2 is 1.55 bits per heavy atom. The van der Waals surface area contributed by atoms with Crippen LogP contribution in [-0.2, 0) is 14.2 Å². The molecule has 4 fully saturated rings. The summed E-state index contributed by atoms with van der Waals surface area (Å²) in [6.45, 7) is 12.7. The maximum absolute atomic E-state index is 9.70. The van der Waals surface area contributed by atoms with E-state index in [0.717, 1.165) is 47.8 Å². The van der Waals surface area contributed by atoms with Crippen molar-refractivity contribution in [3.63, 3.8) is 0 Å². The Kier molecular flexibility index (Phi) is 11.8. The summed E-state index contributed by atoms with van der Waals surface area (Å²) in [4.78, 5) is 0. The molecule has 234 valence electrons. The molecule has 0 bridgehead atoms. The first-order chi connectivity index (χ1) is 19.1. The lowest BCUT2D eigenvalue weighted by Crippen LogP contribution is -2.54. The minimum absolute atomic E-state index is 0.0274. The fourth-order valence-electron chi connectivity index (χ4n) is 10.7. The Hall–Kier alpha value is 0.190. The number of ether oxygens (including phenoxy) is 3. The van der Waals surface area contributed by atoms with Gasteiger partial charge in [0.25, 0.3) is 0 Å². The van der Waals surface area contributed by atoms with Crippen molar-refractivity contribution in [2.75, 3.05) is 27.1 Å². The van der Waals surface area contributed by atoms with E-state index >= 15 is 0 Å². The number of aliphatic hydroxyl groups excluding tert-OH is 1. The Balaban J connectivity index is 1.36. The highest BCUT2D eigenvalue weighted by Crippen LogP contribution is 2.68. The van der Waals surface area contributed by atoms with Crippen molar-refractivity contribution in [1.29, 1.82) is 0 Å². The lowest BCUT2D eigenvalue weighted by atomic mass is 9.44. The average molecular weight is 581 g/mol. The molecular formula is C35H64O4S. The second-order valence-electron chi connectivity index (χ2n) is 15.4. The minimum atomic E-state index is -0.302. The van der Waals surface area contributed by atoms with Crippen molar-refractivity contribution in [3.05, 3.63) is 0 Å². The molecule has 4 rings (SSSR count). The quantitative estimate of drug-likeness (QED) is 0.209. The van der Waals surface area contributed by atoms with Gasteiger partial charge in [-0.1, -0.05) is 53.9 Å². The number of fused-ring (bicyclic) bond motifs is 5. The molecule has 0 spiro atoms. The molecule has 40 heavy (non-hydrogen) atoms. The van der Waals surface area contributed by atoms with Gasteiger partial charge in [-0.2, -0.15) is 0 Å². The summed E-state index contributed by atoms with van der Waals surface area (Å²) in [5.41, 5.74) is 1.15. The zero-order valence-corrected chi connectivity index (χ0v) is 28.1. The zero-order chi connectivity index (χ0) is 29.1. The number of methoxy groups -OCH3 is 2.